The molecule has 176 valence electrons. The number of aliphatic imine (C=N–C) groups is 1. The number of guanidine groups is 1. The van der Waals surface area contributed by atoms with Gasteiger partial charge in [0.05, 0.1) is 6.61 Å². The zero-order valence-electron chi connectivity index (χ0n) is 19.0. The van der Waals surface area contributed by atoms with Gasteiger partial charge in [-0.2, -0.15) is 0 Å². The third-order valence-electron chi connectivity index (χ3n) is 5.31. The minimum absolute atomic E-state index is 0. The monoisotopic (exact) mass is 554 g/mol. The summed E-state index contributed by atoms with van der Waals surface area (Å²) in [4.78, 5) is 22.9. The van der Waals surface area contributed by atoms with Gasteiger partial charge < -0.3 is 24.8 Å². The summed E-state index contributed by atoms with van der Waals surface area (Å²) in [5, 5.41) is 6.84. The van der Waals surface area contributed by atoms with E-state index >= 15 is 0 Å². The predicted octanol–water partition coefficient (Wildman–Crippen LogP) is 3.27. The predicted molar refractivity (Wildman–Crippen MR) is 138 cm³/mol. The number of rotatable bonds is 8. The largest absolute Gasteiger partial charge is 0.450 e. The molecular formula is C23H35IN6O2. The van der Waals surface area contributed by atoms with E-state index < -0.39 is 0 Å². The molecule has 2 heterocycles. The zero-order chi connectivity index (χ0) is 21.9. The molecule has 1 aromatic heterocycles. The first-order chi connectivity index (χ1) is 15.2. The first-order valence-electron chi connectivity index (χ1n) is 11.2. The molecule has 1 aliphatic heterocycles. The number of carbonyl (C=O) groups is 1. The maximum atomic E-state index is 11.9. The lowest BCUT2D eigenvalue weighted by atomic mass is 10.1. The Kier molecular flexibility index (Phi) is 11.3. The van der Waals surface area contributed by atoms with Crippen LogP contribution < -0.4 is 10.6 Å². The topological polar surface area (TPSA) is 83.8 Å². The number of amides is 1. The summed E-state index contributed by atoms with van der Waals surface area (Å²) >= 11 is 0. The Balaban J connectivity index is 0.00000363. The Morgan fingerprint density at radius 2 is 1.97 bits per heavy atom. The van der Waals surface area contributed by atoms with Gasteiger partial charge >= 0.3 is 6.09 Å². The molecule has 0 spiro atoms. The van der Waals surface area contributed by atoms with Gasteiger partial charge in [0.2, 0.25) is 0 Å². The number of carbonyl (C=O) groups excluding carboxylic acids is 1. The molecule has 1 aromatic carbocycles. The van der Waals surface area contributed by atoms with Gasteiger partial charge in [-0.15, -0.1) is 24.0 Å². The van der Waals surface area contributed by atoms with Crippen LogP contribution in [0.2, 0.25) is 0 Å². The maximum Gasteiger partial charge on any atom is 0.409 e. The van der Waals surface area contributed by atoms with Gasteiger partial charge in [0.1, 0.15) is 5.82 Å². The summed E-state index contributed by atoms with van der Waals surface area (Å²) in [6.07, 6.45) is 6.19. The summed E-state index contributed by atoms with van der Waals surface area (Å²) in [5.74, 6) is 1.85. The van der Waals surface area contributed by atoms with Crippen LogP contribution in [0.5, 0.6) is 0 Å². The third kappa shape index (κ3) is 7.99. The Labute approximate surface area is 207 Å². The molecule has 0 unspecified atom stereocenters. The number of nitrogens with zero attached hydrogens (tertiary/aromatic N) is 4. The number of ether oxygens (including phenoxy) is 1. The average Bonchev–Trinajstić information content (AvgIpc) is 3.22. The zero-order valence-corrected chi connectivity index (χ0v) is 21.3. The highest BCUT2D eigenvalue weighted by Crippen LogP contribution is 2.11. The van der Waals surface area contributed by atoms with Crippen molar-refractivity contribution >= 4 is 36.0 Å². The molecule has 32 heavy (non-hydrogen) atoms. The van der Waals surface area contributed by atoms with E-state index in [2.05, 4.69) is 51.4 Å². The Morgan fingerprint density at radius 1 is 1.22 bits per heavy atom. The third-order valence-corrected chi connectivity index (χ3v) is 5.31. The summed E-state index contributed by atoms with van der Waals surface area (Å²) in [7, 11) is 0. The molecule has 3 rings (SSSR count). The molecule has 1 fully saturated rings. The molecule has 0 bridgehead atoms. The molecule has 0 radical (unpaired) electrons. The SMILES string of the molecule is CCNC(=NCCc1nccn1Cc1ccccc1)NC1CCN(C(=O)OCC)CC1.I. The second-order valence-corrected chi connectivity index (χ2v) is 7.57. The van der Waals surface area contributed by atoms with E-state index in [1.54, 1.807) is 4.90 Å². The van der Waals surface area contributed by atoms with Gasteiger partial charge in [0.25, 0.3) is 0 Å². The molecule has 0 aliphatic carbocycles. The van der Waals surface area contributed by atoms with Crippen molar-refractivity contribution in [2.75, 3.05) is 32.8 Å². The molecule has 2 N–H and O–H groups in total. The highest BCUT2D eigenvalue weighted by atomic mass is 127. The highest BCUT2D eigenvalue weighted by Gasteiger charge is 2.24. The Bertz CT molecular complexity index is 834. The van der Waals surface area contributed by atoms with Crippen molar-refractivity contribution in [2.24, 2.45) is 4.99 Å². The summed E-state index contributed by atoms with van der Waals surface area (Å²) in [5.41, 5.74) is 1.26. The number of halogens is 1. The van der Waals surface area contributed by atoms with Crippen molar-refractivity contribution in [3.63, 3.8) is 0 Å². The van der Waals surface area contributed by atoms with E-state index in [1.165, 1.54) is 5.56 Å². The molecule has 1 saturated heterocycles. The van der Waals surface area contributed by atoms with Crippen LogP contribution >= 0.6 is 24.0 Å². The van der Waals surface area contributed by atoms with Crippen LogP contribution in [-0.2, 0) is 17.7 Å². The maximum absolute atomic E-state index is 11.9. The quantitative estimate of drug-likeness (QED) is 0.298. The lowest BCUT2D eigenvalue weighted by Crippen LogP contribution is -2.50. The fourth-order valence-electron chi connectivity index (χ4n) is 3.69. The van der Waals surface area contributed by atoms with Crippen LogP contribution in [0.4, 0.5) is 4.79 Å². The molecule has 8 nitrogen and oxygen atoms in total. The fourth-order valence-corrected chi connectivity index (χ4v) is 3.69. The van der Waals surface area contributed by atoms with Crippen LogP contribution in [0.1, 0.15) is 38.1 Å². The molecule has 0 saturated carbocycles. The molecule has 1 aliphatic rings. The number of aromatic nitrogens is 2. The number of hydrogen-bond donors (Lipinski definition) is 2. The Morgan fingerprint density at radius 3 is 2.66 bits per heavy atom. The van der Waals surface area contributed by atoms with Crippen LogP contribution in [0.3, 0.4) is 0 Å². The molecule has 0 atom stereocenters. The van der Waals surface area contributed by atoms with Crippen molar-refractivity contribution in [1.82, 2.24) is 25.1 Å². The van der Waals surface area contributed by atoms with Gasteiger partial charge in [-0.25, -0.2) is 9.78 Å². The van der Waals surface area contributed by atoms with E-state index in [4.69, 9.17) is 9.73 Å². The van der Waals surface area contributed by atoms with Gasteiger partial charge in [-0.3, -0.25) is 4.99 Å². The second-order valence-electron chi connectivity index (χ2n) is 7.57. The number of imidazole rings is 1. The van der Waals surface area contributed by atoms with Gasteiger partial charge in [0.15, 0.2) is 5.96 Å². The summed E-state index contributed by atoms with van der Waals surface area (Å²) < 4.78 is 7.27. The molecule has 2 aromatic rings. The lowest BCUT2D eigenvalue weighted by molar-refractivity contribution is 0.0963. The molecule has 9 heteroatoms. The average molecular weight is 554 g/mol. The minimum Gasteiger partial charge on any atom is -0.450 e. The van der Waals surface area contributed by atoms with E-state index in [1.807, 2.05) is 25.4 Å². The first-order valence-corrected chi connectivity index (χ1v) is 11.2. The van der Waals surface area contributed by atoms with E-state index in [0.29, 0.717) is 32.3 Å². The van der Waals surface area contributed by atoms with E-state index in [-0.39, 0.29) is 30.1 Å². The number of hydrogen-bond acceptors (Lipinski definition) is 4. The Hall–Kier alpha value is -2.30. The van der Waals surface area contributed by atoms with Crippen molar-refractivity contribution in [3.8, 4) is 0 Å². The van der Waals surface area contributed by atoms with Gasteiger partial charge in [-0.1, -0.05) is 30.3 Å². The van der Waals surface area contributed by atoms with Crippen molar-refractivity contribution in [3.05, 3.63) is 54.1 Å². The first kappa shape index (κ1) is 26.0. The van der Waals surface area contributed by atoms with Crippen LogP contribution in [0.15, 0.2) is 47.7 Å². The fraction of sp³-hybridized carbons (Fsp3) is 0.522. The number of likely N-dealkylation sites (tertiary alicyclic amines) is 1. The number of nitrogens with one attached hydrogen (secondary N) is 2. The molecular weight excluding hydrogens is 519 g/mol. The van der Waals surface area contributed by atoms with Gasteiger partial charge in [-0.05, 0) is 32.3 Å². The number of piperidine rings is 1. The summed E-state index contributed by atoms with van der Waals surface area (Å²) in [6, 6.07) is 10.7. The van der Waals surface area contributed by atoms with Crippen LogP contribution in [0.25, 0.3) is 0 Å². The van der Waals surface area contributed by atoms with Gasteiger partial charge in [0, 0.05) is 57.6 Å². The van der Waals surface area contributed by atoms with Crippen molar-refractivity contribution in [1.29, 1.82) is 0 Å². The summed E-state index contributed by atoms with van der Waals surface area (Å²) in [6.45, 7) is 7.99. The van der Waals surface area contributed by atoms with E-state index in [0.717, 1.165) is 44.1 Å². The lowest BCUT2D eigenvalue weighted by Gasteiger charge is -2.32. The van der Waals surface area contributed by atoms with Crippen LogP contribution in [0, 0.1) is 0 Å². The smallest absolute Gasteiger partial charge is 0.409 e. The standard InChI is InChI=1S/C23H34N6O2.HI/c1-3-24-22(27-20-11-15-28(16-12-20)23(30)31-4-2)26-13-10-21-25-14-17-29(21)18-19-8-6-5-7-9-19;/h5-9,14,17,20H,3-4,10-13,15-16,18H2,1-2H3,(H2,24,26,27);1H. The normalized spacial score (nSPS) is 14.6. The molecule has 1 amide bonds. The second kappa shape index (κ2) is 14.0. The number of benzene rings is 1. The highest BCUT2D eigenvalue weighted by molar-refractivity contribution is 14.0. The van der Waals surface area contributed by atoms with Crippen molar-refractivity contribution < 1.29 is 9.53 Å². The van der Waals surface area contributed by atoms with Crippen LogP contribution in [-0.4, -0.2) is 65.3 Å². The van der Waals surface area contributed by atoms with Crippen molar-refractivity contribution in [2.45, 2.75) is 45.7 Å². The minimum atomic E-state index is -0.215. The van der Waals surface area contributed by atoms with E-state index in [9.17, 15) is 4.79 Å².